The second kappa shape index (κ2) is 9.02. The van der Waals surface area contributed by atoms with Crippen LogP contribution in [0.3, 0.4) is 0 Å². The van der Waals surface area contributed by atoms with Crippen molar-refractivity contribution < 1.29 is 17.9 Å². The van der Waals surface area contributed by atoms with E-state index in [9.17, 15) is 13.2 Å². The van der Waals surface area contributed by atoms with Crippen LogP contribution in [0.5, 0.6) is 0 Å². The Bertz CT molecular complexity index is 1300. The van der Waals surface area contributed by atoms with E-state index >= 15 is 0 Å². The average Bonchev–Trinajstić information content (AvgIpc) is 2.78. The molecule has 1 unspecified atom stereocenters. The van der Waals surface area contributed by atoms with E-state index in [1.165, 1.54) is 11.4 Å². The summed E-state index contributed by atoms with van der Waals surface area (Å²) in [6.07, 6.45) is 3.32. The molecule has 1 aliphatic heterocycles. The molecule has 1 aliphatic rings. The summed E-state index contributed by atoms with van der Waals surface area (Å²) in [5, 5.41) is 5.20. The first-order chi connectivity index (χ1) is 15.6. The van der Waals surface area contributed by atoms with Gasteiger partial charge in [-0.15, -0.1) is 0 Å². The molecule has 174 valence electrons. The van der Waals surface area contributed by atoms with Crippen molar-refractivity contribution in [2.24, 2.45) is 0 Å². The first-order valence-electron chi connectivity index (χ1n) is 10.5. The van der Waals surface area contributed by atoms with E-state index in [1.54, 1.807) is 44.4 Å². The summed E-state index contributed by atoms with van der Waals surface area (Å²) in [7, 11) is -2.21. The van der Waals surface area contributed by atoms with Crippen LogP contribution in [0.25, 0.3) is 10.8 Å². The van der Waals surface area contributed by atoms with Gasteiger partial charge in [-0.3, -0.25) is 9.78 Å². The fourth-order valence-corrected chi connectivity index (χ4v) is 6.12. The van der Waals surface area contributed by atoms with Crippen molar-refractivity contribution in [3.63, 3.8) is 0 Å². The number of halogens is 1. The standard InChI is InChI=1S/C24H26ClN3O4S/c1-24(2,32-3)15-33(30,31)28-13-17-8-9-18(25)10-20(17)21(14-28)23(29)27-22-12-26-11-16-6-4-5-7-19(16)22/h4-12,21H,13-15H2,1-3H3,(H,27,29). The van der Waals surface area contributed by atoms with E-state index in [2.05, 4.69) is 10.3 Å². The molecule has 1 N–H and O–H groups in total. The number of carbonyl (C=O) groups excluding carboxylic acids is 1. The maximum atomic E-state index is 13.5. The normalized spacial score (nSPS) is 17.0. The molecule has 0 spiro atoms. The van der Waals surface area contributed by atoms with Crippen LogP contribution in [0, 0.1) is 0 Å². The lowest BCUT2D eigenvalue weighted by Gasteiger charge is -2.35. The summed E-state index contributed by atoms with van der Waals surface area (Å²) in [5.41, 5.74) is 1.19. The zero-order chi connectivity index (χ0) is 23.8. The highest BCUT2D eigenvalue weighted by atomic mass is 35.5. The number of anilines is 1. The molecule has 4 rings (SSSR count). The Morgan fingerprint density at radius 2 is 2.00 bits per heavy atom. The molecule has 1 atom stereocenters. The van der Waals surface area contributed by atoms with Gasteiger partial charge in [-0.1, -0.05) is 41.9 Å². The monoisotopic (exact) mass is 487 g/mol. The van der Waals surface area contributed by atoms with Crippen LogP contribution in [-0.2, 0) is 26.1 Å². The van der Waals surface area contributed by atoms with Crippen molar-refractivity contribution in [2.75, 3.05) is 24.7 Å². The molecule has 2 heterocycles. The lowest BCUT2D eigenvalue weighted by molar-refractivity contribution is -0.118. The predicted octanol–water partition coefficient (Wildman–Crippen LogP) is 4.18. The van der Waals surface area contributed by atoms with Crippen LogP contribution in [0.15, 0.2) is 54.9 Å². The summed E-state index contributed by atoms with van der Waals surface area (Å²) < 4.78 is 33.1. The molecule has 0 bridgehead atoms. The Kier molecular flexibility index (Phi) is 6.46. The van der Waals surface area contributed by atoms with Crippen LogP contribution in [0.1, 0.15) is 30.9 Å². The highest BCUT2D eigenvalue weighted by Gasteiger charge is 2.38. The number of benzene rings is 2. The number of carbonyl (C=O) groups is 1. The SMILES string of the molecule is COC(C)(C)CS(=O)(=O)N1Cc2ccc(Cl)cc2C(C(=O)Nc2cncc3ccccc23)C1. The van der Waals surface area contributed by atoms with Crippen molar-refractivity contribution in [1.82, 2.24) is 9.29 Å². The van der Waals surface area contributed by atoms with E-state index in [4.69, 9.17) is 16.3 Å². The molecule has 9 heteroatoms. The van der Waals surface area contributed by atoms with Crippen molar-refractivity contribution in [1.29, 1.82) is 0 Å². The lowest BCUT2D eigenvalue weighted by atomic mass is 9.90. The first kappa shape index (κ1) is 23.6. The number of fused-ring (bicyclic) bond motifs is 2. The molecule has 2 aromatic carbocycles. The van der Waals surface area contributed by atoms with Gasteiger partial charge >= 0.3 is 0 Å². The van der Waals surface area contributed by atoms with Gasteiger partial charge in [-0.2, -0.15) is 4.31 Å². The Morgan fingerprint density at radius 3 is 2.76 bits per heavy atom. The Morgan fingerprint density at radius 1 is 1.24 bits per heavy atom. The lowest BCUT2D eigenvalue weighted by Crippen LogP contribution is -2.46. The van der Waals surface area contributed by atoms with Gasteiger partial charge in [0.1, 0.15) is 0 Å². The molecule has 0 saturated carbocycles. The molecule has 7 nitrogen and oxygen atoms in total. The number of ether oxygens (including phenoxy) is 1. The van der Waals surface area contributed by atoms with Crippen LogP contribution in [0.2, 0.25) is 5.02 Å². The summed E-state index contributed by atoms with van der Waals surface area (Å²) in [6.45, 7) is 3.63. The summed E-state index contributed by atoms with van der Waals surface area (Å²) in [5.74, 6) is -1.24. The van der Waals surface area contributed by atoms with Gasteiger partial charge in [0.25, 0.3) is 0 Å². The quantitative estimate of drug-likeness (QED) is 0.563. The van der Waals surface area contributed by atoms with Gasteiger partial charge in [0.05, 0.1) is 29.2 Å². The number of aromatic nitrogens is 1. The number of rotatable bonds is 6. The van der Waals surface area contributed by atoms with Crippen LogP contribution in [0.4, 0.5) is 5.69 Å². The molecule has 0 radical (unpaired) electrons. The zero-order valence-corrected chi connectivity index (χ0v) is 20.3. The van der Waals surface area contributed by atoms with Gasteiger partial charge in [-0.25, -0.2) is 8.42 Å². The number of hydrogen-bond donors (Lipinski definition) is 1. The minimum atomic E-state index is -3.70. The maximum Gasteiger partial charge on any atom is 0.233 e. The largest absolute Gasteiger partial charge is 0.378 e. The number of nitrogens with zero attached hydrogens (tertiary/aromatic N) is 2. The highest BCUT2D eigenvalue weighted by molar-refractivity contribution is 7.89. The number of methoxy groups -OCH3 is 1. The van der Waals surface area contributed by atoms with E-state index in [0.717, 1.165) is 21.9 Å². The topological polar surface area (TPSA) is 88.6 Å². The van der Waals surface area contributed by atoms with Gasteiger partial charge in [0, 0.05) is 42.2 Å². The molecule has 0 saturated heterocycles. The molecule has 3 aromatic rings. The minimum absolute atomic E-state index is 0.0134. The fraction of sp³-hybridized carbons (Fsp3) is 0.333. The Balaban J connectivity index is 1.68. The van der Waals surface area contributed by atoms with Gasteiger partial charge in [0.2, 0.25) is 15.9 Å². The van der Waals surface area contributed by atoms with Gasteiger partial charge in [-0.05, 0) is 37.1 Å². The number of amides is 1. The van der Waals surface area contributed by atoms with Crippen LogP contribution in [-0.4, -0.2) is 48.6 Å². The second-order valence-electron chi connectivity index (χ2n) is 8.81. The van der Waals surface area contributed by atoms with E-state index in [-0.39, 0.29) is 24.7 Å². The van der Waals surface area contributed by atoms with Crippen LogP contribution < -0.4 is 5.32 Å². The smallest absolute Gasteiger partial charge is 0.233 e. The molecule has 0 aliphatic carbocycles. The van der Waals surface area contributed by atoms with Gasteiger partial charge in [0.15, 0.2) is 0 Å². The number of pyridine rings is 1. The van der Waals surface area contributed by atoms with Crippen molar-refractivity contribution in [3.8, 4) is 0 Å². The highest BCUT2D eigenvalue weighted by Crippen LogP contribution is 2.34. The summed E-state index contributed by atoms with van der Waals surface area (Å²) in [4.78, 5) is 17.7. The van der Waals surface area contributed by atoms with E-state index < -0.39 is 21.5 Å². The third-order valence-corrected chi connectivity index (χ3v) is 8.29. The number of nitrogens with one attached hydrogen (secondary N) is 1. The Labute approximate surface area is 198 Å². The predicted molar refractivity (Wildman–Crippen MR) is 130 cm³/mol. The zero-order valence-electron chi connectivity index (χ0n) is 18.7. The molecule has 1 amide bonds. The summed E-state index contributed by atoms with van der Waals surface area (Å²) in [6, 6.07) is 12.8. The second-order valence-corrected chi connectivity index (χ2v) is 11.2. The van der Waals surface area contributed by atoms with Crippen molar-refractivity contribution in [3.05, 3.63) is 71.0 Å². The molecule has 0 fully saturated rings. The molecular weight excluding hydrogens is 462 g/mol. The fourth-order valence-electron chi connectivity index (χ4n) is 4.05. The first-order valence-corrected chi connectivity index (χ1v) is 12.5. The maximum absolute atomic E-state index is 13.5. The molecule has 33 heavy (non-hydrogen) atoms. The van der Waals surface area contributed by atoms with Crippen LogP contribution >= 0.6 is 11.6 Å². The number of sulfonamides is 1. The molecular formula is C24H26ClN3O4S. The number of hydrogen-bond acceptors (Lipinski definition) is 5. The Hall–Kier alpha value is -2.52. The van der Waals surface area contributed by atoms with E-state index in [0.29, 0.717) is 10.7 Å². The van der Waals surface area contributed by atoms with Gasteiger partial charge < -0.3 is 10.1 Å². The van der Waals surface area contributed by atoms with Crippen molar-refractivity contribution >= 4 is 44.0 Å². The van der Waals surface area contributed by atoms with E-state index in [1.807, 2.05) is 24.3 Å². The third-order valence-electron chi connectivity index (χ3n) is 5.93. The molecule has 1 aromatic heterocycles. The minimum Gasteiger partial charge on any atom is -0.378 e. The summed E-state index contributed by atoms with van der Waals surface area (Å²) >= 11 is 6.23. The van der Waals surface area contributed by atoms with Crippen molar-refractivity contribution in [2.45, 2.75) is 31.9 Å². The average molecular weight is 488 g/mol. The third kappa shape index (κ3) is 5.04.